The Bertz CT molecular complexity index is 673. The molecule has 1 N–H and O–H groups in total. The minimum atomic E-state index is -1.10. The summed E-state index contributed by atoms with van der Waals surface area (Å²) in [6.45, 7) is 1.57. The number of hydrogen-bond acceptors (Lipinski definition) is 4. The lowest BCUT2D eigenvalue weighted by atomic mass is 10.2. The van der Waals surface area contributed by atoms with Crippen molar-refractivity contribution in [2.45, 2.75) is 20.1 Å². The first kappa shape index (κ1) is 16.5. The summed E-state index contributed by atoms with van der Waals surface area (Å²) >= 11 is 0. The predicted molar refractivity (Wildman–Crippen MR) is 83.6 cm³/mol. The number of rotatable bonds is 6. The average Bonchev–Trinajstić information content (AvgIpc) is 2.52. The normalized spacial score (nSPS) is 10.1. The Kier molecular flexibility index (Phi) is 5.68. The molecule has 1 aromatic carbocycles. The molecule has 1 amide bonds. The zero-order chi connectivity index (χ0) is 16.7. The summed E-state index contributed by atoms with van der Waals surface area (Å²) in [6, 6.07) is 14.6. The molecule has 0 atom stereocenters. The fourth-order valence-electron chi connectivity index (χ4n) is 2.04. The van der Waals surface area contributed by atoms with Crippen molar-refractivity contribution in [3.05, 3.63) is 65.5 Å². The molecule has 0 aliphatic rings. The molecular formula is C17H18N2O4. The average molecular weight is 314 g/mol. The largest absolute Gasteiger partial charge is 0.480 e. The van der Waals surface area contributed by atoms with Crippen LogP contribution in [0.4, 0.5) is 4.79 Å². The van der Waals surface area contributed by atoms with E-state index < -0.39 is 18.6 Å². The van der Waals surface area contributed by atoms with E-state index in [9.17, 15) is 9.59 Å². The van der Waals surface area contributed by atoms with Gasteiger partial charge in [-0.1, -0.05) is 36.4 Å². The molecule has 0 aliphatic heterocycles. The van der Waals surface area contributed by atoms with E-state index in [4.69, 9.17) is 9.84 Å². The summed E-state index contributed by atoms with van der Waals surface area (Å²) in [5.74, 6) is -1.10. The van der Waals surface area contributed by atoms with Gasteiger partial charge in [0.2, 0.25) is 0 Å². The van der Waals surface area contributed by atoms with Crippen LogP contribution in [0, 0.1) is 6.92 Å². The number of aromatic nitrogens is 1. The molecule has 120 valence electrons. The SMILES string of the molecule is Cc1cccc(CN(CC(=O)O)C(=O)OCc2ccccc2)n1. The fourth-order valence-corrected chi connectivity index (χ4v) is 2.04. The van der Waals surface area contributed by atoms with Gasteiger partial charge < -0.3 is 9.84 Å². The van der Waals surface area contributed by atoms with Crippen LogP contribution in [-0.2, 0) is 22.7 Å². The van der Waals surface area contributed by atoms with Crippen molar-refractivity contribution in [3.63, 3.8) is 0 Å². The highest BCUT2D eigenvalue weighted by Gasteiger charge is 2.19. The number of aryl methyl sites for hydroxylation is 1. The molecule has 6 heteroatoms. The van der Waals surface area contributed by atoms with Gasteiger partial charge in [0.15, 0.2) is 0 Å². The Hall–Kier alpha value is -2.89. The number of amides is 1. The lowest BCUT2D eigenvalue weighted by Crippen LogP contribution is -2.35. The predicted octanol–water partition coefficient (Wildman–Crippen LogP) is 2.61. The van der Waals surface area contributed by atoms with Crippen LogP contribution in [-0.4, -0.2) is 33.6 Å². The van der Waals surface area contributed by atoms with Gasteiger partial charge in [0.25, 0.3) is 0 Å². The first-order chi connectivity index (χ1) is 11.0. The molecule has 0 radical (unpaired) electrons. The van der Waals surface area contributed by atoms with E-state index in [1.54, 1.807) is 6.07 Å². The molecule has 0 aliphatic carbocycles. The van der Waals surface area contributed by atoms with Gasteiger partial charge in [0.1, 0.15) is 13.2 Å². The molecule has 23 heavy (non-hydrogen) atoms. The fraction of sp³-hybridized carbons (Fsp3) is 0.235. The van der Waals surface area contributed by atoms with E-state index >= 15 is 0 Å². The minimum Gasteiger partial charge on any atom is -0.480 e. The van der Waals surface area contributed by atoms with E-state index in [1.165, 1.54) is 0 Å². The maximum atomic E-state index is 12.2. The van der Waals surface area contributed by atoms with Crippen LogP contribution >= 0.6 is 0 Å². The van der Waals surface area contributed by atoms with Crippen LogP contribution in [0.15, 0.2) is 48.5 Å². The Labute approximate surface area is 134 Å². The van der Waals surface area contributed by atoms with Gasteiger partial charge in [-0.05, 0) is 24.6 Å². The third-order valence-electron chi connectivity index (χ3n) is 3.09. The highest BCUT2D eigenvalue weighted by Crippen LogP contribution is 2.08. The van der Waals surface area contributed by atoms with E-state index in [2.05, 4.69) is 4.98 Å². The van der Waals surface area contributed by atoms with Crippen molar-refractivity contribution in [3.8, 4) is 0 Å². The van der Waals surface area contributed by atoms with Crippen molar-refractivity contribution in [1.29, 1.82) is 0 Å². The lowest BCUT2D eigenvalue weighted by Gasteiger charge is -2.20. The van der Waals surface area contributed by atoms with E-state index in [0.717, 1.165) is 16.2 Å². The molecular weight excluding hydrogens is 296 g/mol. The van der Waals surface area contributed by atoms with Crippen LogP contribution in [0.5, 0.6) is 0 Å². The maximum absolute atomic E-state index is 12.2. The quantitative estimate of drug-likeness (QED) is 0.886. The number of carboxylic acid groups (broad SMARTS) is 1. The summed E-state index contributed by atoms with van der Waals surface area (Å²) in [7, 11) is 0. The van der Waals surface area contributed by atoms with Crippen LogP contribution in [0.3, 0.4) is 0 Å². The summed E-state index contributed by atoms with van der Waals surface area (Å²) in [4.78, 5) is 28.5. The number of ether oxygens (including phenoxy) is 1. The molecule has 2 aromatic rings. The molecule has 0 spiro atoms. The number of benzene rings is 1. The molecule has 0 fully saturated rings. The number of aliphatic carboxylic acids is 1. The number of hydrogen-bond donors (Lipinski definition) is 1. The summed E-state index contributed by atoms with van der Waals surface area (Å²) in [6.07, 6.45) is -0.681. The highest BCUT2D eigenvalue weighted by atomic mass is 16.6. The number of carboxylic acids is 1. The van der Waals surface area contributed by atoms with Crippen LogP contribution < -0.4 is 0 Å². The molecule has 2 rings (SSSR count). The molecule has 0 bridgehead atoms. The van der Waals surface area contributed by atoms with Gasteiger partial charge in [0, 0.05) is 5.69 Å². The summed E-state index contributed by atoms with van der Waals surface area (Å²) in [5, 5.41) is 8.98. The summed E-state index contributed by atoms with van der Waals surface area (Å²) in [5.41, 5.74) is 2.25. The first-order valence-corrected chi connectivity index (χ1v) is 7.14. The minimum absolute atomic E-state index is 0.0849. The lowest BCUT2D eigenvalue weighted by molar-refractivity contribution is -0.138. The standard InChI is InChI=1S/C17H18N2O4/c1-13-6-5-9-15(18-13)10-19(11-16(20)21)17(22)23-12-14-7-3-2-4-8-14/h2-9H,10-12H2,1H3,(H,20,21). The second-order valence-corrected chi connectivity index (χ2v) is 5.06. The molecule has 0 saturated carbocycles. The molecule has 0 unspecified atom stereocenters. The monoisotopic (exact) mass is 314 g/mol. The van der Waals surface area contributed by atoms with E-state index in [1.807, 2.05) is 49.4 Å². The van der Waals surface area contributed by atoms with Gasteiger partial charge in [-0.2, -0.15) is 0 Å². The number of carbonyl (C=O) groups is 2. The zero-order valence-electron chi connectivity index (χ0n) is 12.8. The van der Waals surface area contributed by atoms with Crippen molar-refractivity contribution in [2.75, 3.05) is 6.54 Å². The topological polar surface area (TPSA) is 79.7 Å². The van der Waals surface area contributed by atoms with Crippen LogP contribution in [0.25, 0.3) is 0 Å². The van der Waals surface area contributed by atoms with Crippen molar-refractivity contribution in [1.82, 2.24) is 9.88 Å². The smallest absolute Gasteiger partial charge is 0.410 e. The molecule has 6 nitrogen and oxygen atoms in total. The molecule has 1 aromatic heterocycles. The Balaban J connectivity index is 2.01. The first-order valence-electron chi connectivity index (χ1n) is 7.14. The van der Waals surface area contributed by atoms with Crippen LogP contribution in [0.1, 0.15) is 17.0 Å². The van der Waals surface area contributed by atoms with Crippen LogP contribution in [0.2, 0.25) is 0 Å². The molecule has 1 heterocycles. The number of pyridine rings is 1. The van der Waals surface area contributed by atoms with Gasteiger partial charge in [-0.15, -0.1) is 0 Å². The Morgan fingerprint density at radius 2 is 1.87 bits per heavy atom. The van der Waals surface area contributed by atoms with Gasteiger partial charge in [-0.3, -0.25) is 14.7 Å². The number of carbonyl (C=O) groups excluding carboxylic acids is 1. The number of nitrogens with zero attached hydrogens (tertiary/aromatic N) is 2. The third-order valence-corrected chi connectivity index (χ3v) is 3.09. The van der Waals surface area contributed by atoms with E-state index in [-0.39, 0.29) is 13.2 Å². The Morgan fingerprint density at radius 3 is 2.52 bits per heavy atom. The third kappa shape index (κ3) is 5.43. The van der Waals surface area contributed by atoms with Crippen molar-refractivity contribution < 1.29 is 19.4 Å². The summed E-state index contributed by atoms with van der Waals surface area (Å²) < 4.78 is 5.19. The van der Waals surface area contributed by atoms with E-state index in [0.29, 0.717) is 5.69 Å². The van der Waals surface area contributed by atoms with Crippen molar-refractivity contribution >= 4 is 12.1 Å². The Morgan fingerprint density at radius 1 is 1.13 bits per heavy atom. The second-order valence-electron chi connectivity index (χ2n) is 5.06. The van der Waals surface area contributed by atoms with Gasteiger partial charge >= 0.3 is 12.1 Å². The highest BCUT2D eigenvalue weighted by molar-refractivity contribution is 5.76. The van der Waals surface area contributed by atoms with Gasteiger partial charge in [0.05, 0.1) is 12.2 Å². The zero-order valence-corrected chi connectivity index (χ0v) is 12.8. The second kappa shape index (κ2) is 7.93. The maximum Gasteiger partial charge on any atom is 0.410 e. The molecule has 0 saturated heterocycles. The van der Waals surface area contributed by atoms with Crippen molar-refractivity contribution in [2.24, 2.45) is 0 Å². The van der Waals surface area contributed by atoms with Gasteiger partial charge in [-0.25, -0.2) is 4.79 Å².